The molecule has 2 aromatic rings. The van der Waals surface area contributed by atoms with Crippen molar-refractivity contribution in [2.75, 3.05) is 0 Å². The van der Waals surface area contributed by atoms with Crippen molar-refractivity contribution in [3.05, 3.63) is 45.1 Å². The zero-order valence-corrected chi connectivity index (χ0v) is 21.6. The van der Waals surface area contributed by atoms with Crippen molar-refractivity contribution in [1.82, 2.24) is 15.2 Å². The second-order valence-electron chi connectivity index (χ2n) is 8.37. The van der Waals surface area contributed by atoms with Gasteiger partial charge < -0.3 is 40.7 Å². The minimum Gasteiger partial charge on any atom is -0.465 e. The van der Waals surface area contributed by atoms with Gasteiger partial charge in [0.15, 0.2) is 0 Å². The Morgan fingerprint density at radius 3 is 1.86 bits per heavy atom. The molecule has 0 saturated heterocycles. The number of carbonyl (C=O) groups is 2. The van der Waals surface area contributed by atoms with Crippen LogP contribution >= 0.6 is 23.2 Å². The summed E-state index contributed by atoms with van der Waals surface area (Å²) in [5, 5.41) is 50.5. The van der Waals surface area contributed by atoms with Crippen LogP contribution in [0.15, 0.2) is 18.2 Å². The van der Waals surface area contributed by atoms with Gasteiger partial charge in [0.05, 0.1) is 35.1 Å². The van der Waals surface area contributed by atoms with Gasteiger partial charge in [-0.3, -0.25) is 0 Å². The highest BCUT2D eigenvalue weighted by atomic mass is 35.5. The summed E-state index contributed by atoms with van der Waals surface area (Å²) >= 11 is 12.0. The van der Waals surface area contributed by atoms with Crippen LogP contribution in [0.3, 0.4) is 0 Å². The molecule has 10 nitrogen and oxygen atoms in total. The van der Waals surface area contributed by atoms with Gasteiger partial charge in [-0.2, -0.15) is 0 Å². The van der Waals surface area contributed by atoms with E-state index >= 15 is 0 Å². The molecule has 0 spiro atoms. The standard InChI is InChI=1S/C15H15Cl2NO3.2C4H9NO2/c16-12-2-1-8(3-13(12)17)15-11(7-20)10(6-19)14-4-9(21)5-18(14)15;2*1-3(2)5-4(6)7/h1-3,9,19-21H,4-7H2;2*3,5H,1-2H3,(H,6,7). The fraction of sp³-hybridized carbons (Fsp3) is 0.478. The highest BCUT2D eigenvalue weighted by Gasteiger charge is 2.30. The van der Waals surface area contributed by atoms with Gasteiger partial charge in [0.2, 0.25) is 0 Å². The van der Waals surface area contributed by atoms with Crippen molar-refractivity contribution in [2.45, 2.75) is 72.1 Å². The van der Waals surface area contributed by atoms with Gasteiger partial charge >= 0.3 is 12.2 Å². The summed E-state index contributed by atoms with van der Waals surface area (Å²) in [6, 6.07) is 5.30. The lowest BCUT2D eigenvalue weighted by Gasteiger charge is -2.11. The highest BCUT2D eigenvalue weighted by molar-refractivity contribution is 6.42. The van der Waals surface area contributed by atoms with Gasteiger partial charge in [-0.05, 0) is 39.8 Å². The minimum absolute atomic E-state index is 0.0255. The number of aliphatic hydroxyl groups excluding tert-OH is 3. The van der Waals surface area contributed by atoms with E-state index in [0.29, 0.717) is 34.1 Å². The lowest BCUT2D eigenvalue weighted by Crippen LogP contribution is -2.27. The molecule has 1 aliphatic rings. The molecule has 0 aliphatic carbocycles. The van der Waals surface area contributed by atoms with Crippen LogP contribution in [-0.2, 0) is 26.2 Å². The van der Waals surface area contributed by atoms with Crippen LogP contribution in [0, 0.1) is 0 Å². The molecule has 0 bridgehead atoms. The number of amides is 2. The molecule has 1 aromatic heterocycles. The number of nitrogens with one attached hydrogen (secondary N) is 2. The Balaban J connectivity index is 0.000000362. The Bertz CT molecular complexity index is 989. The van der Waals surface area contributed by atoms with Gasteiger partial charge in [0.1, 0.15) is 0 Å². The predicted octanol–water partition coefficient (Wildman–Crippen LogP) is 3.69. The minimum atomic E-state index is -0.963. The number of hydrogen-bond donors (Lipinski definition) is 7. The summed E-state index contributed by atoms with van der Waals surface area (Å²) in [5.74, 6) is 0. The molecule has 3 rings (SSSR count). The number of rotatable bonds is 5. The SMILES string of the molecule is CC(C)NC(=O)O.CC(C)NC(=O)O.OCc1c(CO)c(-c2ccc(Cl)c(Cl)c2)n2c1CC(O)C2. The van der Waals surface area contributed by atoms with E-state index in [4.69, 9.17) is 33.4 Å². The topological polar surface area (TPSA) is 164 Å². The zero-order valence-electron chi connectivity index (χ0n) is 20.0. The normalized spacial score (nSPS) is 14.0. The van der Waals surface area contributed by atoms with Gasteiger partial charge in [-0.1, -0.05) is 29.3 Å². The van der Waals surface area contributed by atoms with Crippen molar-refractivity contribution in [3.8, 4) is 11.3 Å². The molecule has 7 N–H and O–H groups in total. The third kappa shape index (κ3) is 9.23. The third-order valence-electron chi connectivity index (χ3n) is 4.75. The van der Waals surface area contributed by atoms with Crippen LogP contribution in [-0.4, -0.2) is 60.5 Å². The van der Waals surface area contributed by atoms with E-state index in [-0.39, 0.29) is 25.3 Å². The first-order chi connectivity index (χ1) is 16.3. The van der Waals surface area contributed by atoms with Gasteiger partial charge in [-0.25, -0.2) is 9.59 Å². The van der Waals surface area contributed by atoms with Crippen LogP contribution in [0.1, 0.15) is 44.5 Å². The Morgan fingerprint density at radius 1 is 0.971 bits per heavy atom. The number of halogens is 2. The smallest absolute Gasteiger partial charge is 0.404 e. The van der Waals surface area contributed by atoms with Crippen molar-refractivity contribution in [2.24, 2.45) is 0 Å². The molecule has 1 aromatic carbocycles. The summed E-state index contributed by atoms with van der Waals surface area (Å²) in [5.41, 5.74) is 3.83. The van der Waals surface area contributed by atoms with Crippen LogP contribution < -0.4 is 10.6 Å². The van der Waals surface area contributed by atoms with Crippen LogP contribution in [0.5, 0.6) is 0 Å². The Labute approximate surface area is 214 Å². The van der Waals surface area contributed by atoms with E-state index in [0.717, 1.165) is 17.0 Å². The molecule has 2 amide bonds. The largest absolute Gasteiger partial charge is 0.465 e. The van der Waals surface area contributed by atoms with Gasteiger partial charge in [0.25, 0.3) is 0 Å². The maximum Gasteiger partial charge on any atom is 0.404 e. The maximum atomic E-state index is 9.88. The second-order valence-corrected chi connectivity index (χ2v) is 9.19. The number of nitrogens with zero attached hydrogens (tertiary/aromatic N) is 1. The van der Waals surface area contributed by atoms with E-state index in [9.17, 15) is 24.9 Å². The lowest BCUT2D eigenvalue weighted by atomic mass is 10.0. The lowest BCUT2D eigenvalue weighted by molar-refractivity contribution is 0.175. The van der Waals surface area contributed by atoms with E-state index in [2.05, 4.69) is 10.6 Å². The number of benzene rings is 1. The Hall–Kier alpha value is -2.50. The molecular formula is C23H33Cl2N3O7. The molecule has 0 saturated carbocycles. The molecule has 12 heteroatoms. The zero-order chi connectivity index (χ0) is 26.9. The molecular weight excluding hydrogens is 501 g/mol. The average Bonchev–Trinajstić information content (AvgIpc) is 3.22. The van der Waals surface area contributed by atoms with Gasteiger partial charge in [-0.15, -0.1) is 0 Å². The predicted molar refractivity (Wildman–Crippen MR) is 134 cm³/mol. The summed E-state index contributed by atoms with van der Waals surface area (Å²) in [4.78, 5) is 19.4. The third-order valence-corrected chi connectivity index (χ3v) is 5.49. The fourth-order valence-electron chi connectivity index (χ4n) is 3.54. The van der Waals surface area contributed by atoms with E-state index in [1.54, 1.807) is 39.8 Å². The van der Waals surface area contributed by atoms with Crippen molar-refractivity contribution < 1.29 is 35.1 Å². The number of aliphatic hydroxyl groups is 3. The van der Waals surface area contributed by atoms with Crippen LogP contribution in [0.25, 0.3) is 11.3 Å². The summed E-state index contributed by atoms with van der Waals surface area (Å²) in [6.45, 7) is 7.18. The molecule has 0 fully saturated rings. The molecule has 196 valence electrons. The molecule has 2 heterocycles. The quantitative estimate of drug-likeness (QED) is 0.307. The van der Waals surface area contributed by atoms with E-state index in [1.807, 2.05) is 10.6 Å². The second kappa shape index (κ2) is 14.2. The first-order valence-electron chi connectivity index (χ1n) is 10.9. The van der Waals surface area contributed by atoms with Crippen molar-refractivity contribution in [3.63, 3.8) is 0 Å². The Morgan fingerprint density at radius 2 is 1.49 bits per heavy atom. The highest BCUT2D eigenvalue weighted by Crippen LogP contribution is 2.38. The average molecular weight is 534 g/mol. The Kier molecular flexibility index (Phi) is 12.3. The number of hydrogen-bond acceptors (Lipinski definition) is 5. The summed E-state index contributed by atoms with van der Waals surface area (Å²) in [7, 11) is 0. The van der Waals surface area contributed by atoms with E-state index < -0.39 is 18.3 Å². The fourth-order valence-corrected chi connectivity index (χ4v) is 3.83. The van der Waals surface area contributed by atoms with Crippen LogP contribution in [0.2, 0.25) is 10.0 Å². The summed E-state index contributed by atoms with van der Waals surface area (Å²) < 4.78 is 1.95. The molecule has 1 unspecified atom stereocenters. The first-order valence-corrected chi connectivity index (χ1v) is 11.6. The number of carboxylic acid groups (broad SMARTS) is 2. The molecule has 35 heavy (non-hydrogen) atoms. The molecule has 1 aliphatic heterocycles. The number of aromatic nitrogens is 1. The molecule has 1 atom stereocenters. The van der Waals surface area contributed by atoms with Crippen molar-refractivity contribution in [1.29, 1.82) is 0 Å². The van der Waals surface area contributed by atoms with Gasteiger partial charge in [0, 0.05) is 47.4 Å². The summed E-state index contributed by atoms with van der Waals surface area (Å²) in [6.07, 6.45) is -1.92. The van der Waals surface area contributed by atoms with Crippen molar-refractivity contribution >= 4 is 35.4 Å². The number of fused-ring (bicyclic) bond motifs is 1. The van der Waals surface area contributed by atoms with E-state index in [1.165, 1.54) is 0 Å². The monoisotopic (exact) mass is 533 g/mol. The molecule has 0 radical (unpaired) electrons. The maximum absolute atomic E-state index is 9.88. The first kappa shape index (κ1) is 30.5. The van der Waals surface area contributed by atoms with Crippen LogP contribution in [0.4, 0.5) is 9.59 Å².